The molecule has 2 aromatic carbocycles. The van der Waals surface area contributed by atoms with Crippen molar-refractivity contribution in [3.63, 3.8) is 0 Å². The molecule has 0 bridgehead atoms. The highest BCUT2D eigenvalue weighted by molar-refractivity contribution is 6.25. The molecule has 6 nitrogen and oxygen atoms in total. The second-order valence-corrected chi connectivity index (χ2v) is 8.08. The van der Waals surface area contributed by atoms with E-state index in [1.165, 1.54) is 12.2 Å². The summed E-state index contributed by atoms with van der Waals surface area (Å²) in [6.07, 6.45) is 4.88. The molecule has 4 rings (SSSR count). The molecule has 0 unspecified atom stereocenters. The van der Waals surface area contributed by atoms with E-state index in [2.05, 4.69) is 34.3 Å². The Morgan fingerprint density at radius 2 is 1.05 bits per heavy atom. The van der Waals surface area contributed by atoms with E-state index < -0.39 is 0 Å². The largest absolute Gasteiger partial charge is 0.381 e. The van der Waals surface area contributed by atoms with Crippen LogP contribution in [0.2, 0.25) is 0 Å². The summed E-state index contributed by atoms with van der Waals surface area (Å²) in [5.74, 6) is 11.1. The molecule has 0 aliphatic heterocycles. The van der Waals surface area contributed by atoms with Crippen molar-refractivity contribution < 1.29 is 19.2 Å². The standard InChI is InChI=1S/C16H15NO2.C15H13NO2/c1-2-3-4-7-10-17-14-11-15(18)12-8-5-6-9-13(12)16(14)19;1-2-3-6-9-16-13-10-14(17)11-7-4-5-8-12(11)15(13)18/h5-6,8-9,11,17H,2,7,10H2,1H3;4-5,7-8,10,16H,6,9H2,1H3. The molecule has 2 aliphatic carbocycles. The van der Waals surface area contributed by atoms with Gasteiger partial charge in [-0.3, -0.25) is 19.2 Å². The number of nitrogens with one attached hydrogen (secondary N) is 2. The minimum absolute atomic E-state index is 0.126. The third-order valence-corrected chi connectivity index (χ3v) is 5.52. The molecule has 0 aromatic heterocycles. The molecule has 0 spiro atoms. The van der Waals surface area contributed by atoms with E-state index in [0.29, 0.717) is 59.6 Å². The average molecular weight is 493 g/mol. The number of fused-ring (bicyclic) bond motifs is 2. The second kappa shape index (κ2) is 13.4. The highest BCUT2D eigenvalue weighted by Gasteiger charge is 2.25. The van der Waals surface area contributed by atoms with E-state index in [1.54, 1.807) is 55.5 Å². The smallest absolute Gasteiger partial charge is 0.209 e. The van der Waals surface area contributed by atoms with Crippen LogP contribution >= 0.6 is 0 Å². The SMILES string of the molecule is CC#CCCNC1=CC(=O)c2ccccc2C1=O.CCC#CCCNC1=CC(=O)c2ccccc2C1=O. The normalized spacial score (nSPS) is 13.2. The van der Waals surface area contributed by atoms with E-state index in [0.717, 1.165) is 6.42 Å². The van der Waals surface area contributed by atoms with Crippen molar-refractivity contribution in [2.24, 2.45) is 0 Å². The van der Waals surface area contributed by atoms with Gasteiger partial charge >= 0.3 is 0 Å². The van der Waals surface area contributed by atoms with E-state index in [4.69, 9.17) is 0 Å². The third kappa shape index (κ3) is 6.93. The lowest BCUT2D eigenvalue weighted by Gasteiger charge is -2.15. The fourth-order valence-corrected chi connectivity index (χ4v) is 3.75. The number of benzene rings is 2. The highest BCUT2D eigenvalue weighted by atomic mass is 16.1. The number of rotatable bonds is 6. The van der Waals surface area contributed by atoms with Crippen molar-refractivity contribution in [1.29, 1.82) is 0 Å². The number of ketones is 4. The van der Waals surface area contributed by atoms with Crippen LogP contribution < -0.4 is 10.6 Å². The molecule has 0 saturated carbocycles. The molecule has 0 heterocycles. The van der Waals surface area contributed by atoms with E-state index in [9.17, 15) is 19.2 Å². The van der Waals surface area contributed by atoms with Gasteiger partial charge in [0.1, 0.15) is 0 Å². The van der Waals surface area contributed by atoms with Gasteiger partial charge in [-0.15, -0.1) is 23.7 Å². The van der Waals surface area contributed by atoms with Crippen LogP contribution in [0.15, 0.2) is 72.1 Å². The van der Waals surface area contributed by atoms with Crippen molar-refractivity contribution in [2.75, 3.05) is 13.1 Å². The minimum atomic E-state index is -0.130. The van der Waals surface area contributed by atoms with Crippen LogP contribution in [0.25, 0.3) is 0 Å². The van der Waals surface area contributed by atoms with Gasteiger partial charge in [-0.25, -0.2) is 0 Å². The Morgan fingerprint density at radius 1 is 0.622 bits per heavy atom. The van der Waals surface area contributed by atoms with Crippen LogP contribution in [0.5, 0.6) is 0 Å². The Hall–Kier alpha value is -4.68. The molecule has 0 radical (unpaired) electrons. The van der Waals surface area contributed by atoms with Gasteiger partial charge < -0.3 is 10.6 Å². The first-order valence-electron chi connectivity index (χ1n) is 12.1. The fraction of sp³-hybridized carbons (Fsp3) is 0.226. The van der Waals surface area contributed by atoms with Gasteiger partial charge in [0.05, 0.1) is 11.4 Å². The molecular weight excluding hydrogens is 464 g/mol. The number of hydrogen-bond donors (Lipinski definition) is 2. The zero-order chi connectivity index (χ0) is 26.6. The zero-order valence-corrected chi connectivity index (χ0v) is 20.9. The summed E-state index contributed by atoms with van der Waals surface area (Å²) in [7, 11) is 0. The van der Waals surface area contributed by atoms with Gasteiger partial charge in [-0.2, -0.15) is 0 Å². The van der Waals surface area contributed by atoms with Gasteiger partial charge in [0.2, 0.25) is 11.6 Å². The van der Waals surface area contributed by atoms with Crippen LogP contribution in [0.1, 0.15) is 74.5 Å². The van der Waals surface area contributed by atoms with Crippen LogP contribution in [-0.2, 0) is 0 Å². The summed E-state index contributed by atoms with van der Waals surface area (Å²) in [4.78, 5) is 48.0. The summed E-state index contributed by atoms with van der Waals surface area (Å²) in [6, 6.07) is 13.7. The van der Waals surface area contributed by atoms with Crippen LogP contribution in [0.3, 0.4) is 0 Å². The Kier molecular flexibility index (Phi) is 9.76. The predicted octanol–water partition coefficient (Wildman–Crippen LogP) is 4.30. The first-order chi connectivity index (χ1) is 18.0. The Balaban J connectivity index is 0.000000206. The van der Waals surface area contributed by atoms with Crippen molar-refractivity contribution in [2.45, 2.75) is 33.1 Å². The molecule has 6 heteroatoms. The lowest BCUT2D eigenvalue weighted by Crippen LogP contribution is -2.27. The maximum Gasteiger partial charge on any atom is 0.209 e. The van der Waals surface area contributed by atoms with Gasteiger partial charge in [0.25, 0.3) is 0 Å². The molecule has 0 amide bonds. The van der Waals surface area contributed by atoms with Crippen LogP contribution in [0.4, 0.5) is 0 Å². The maximum atomic E-state index is 12.2. The lowest BCUT2D eigenvalue weighted by atomic mass is 9.93. The van der Waals surface area contributed by atoms with Crippen molar-refractivity contribution in [3.05, 3.63) is 94.3 Å². The van der Waals surface area contributed by atoms with Crippen LogP contribution in [0, 0.1) is 23.7 Å². The number of carbonyl (C=O) groups is 4. The molecule has 0 fully saturated rings. The number of hydrogen-bond acceptors (Lipinski definition) is 6. The van der Waals surface area contributed by atoms with Crippen molar-refractivity contribution in [1.82, 2.24) is 10.6 Å². The monoisotopic (exact) mass is 492 g/mol. The highest BCUT2D eigenvalue weighted by Crippen LogP contribution is 2.20. The quantitative estimate of drug-likeness (QED) is 0.462. The first kappa shape index (κ1) is 26.9. The summed E-state index contributed by atoms with van der Waals surface area (Å²) >= 11 is 0. The van der Waals surface area contributed by atoms with E-state index in [-0.39, 0.29) is 23.1 Å². The molecule has 37 heavy (non-hydrogen) atoms. The van der Waals surface area contributed by atoms with Gasteiger partial charge in [0.15, 0.2) is 11.6 Å². The molecule has 0 saturated heterocycles. The summed E-state index contributed by atoms with van der Waals surface area (Å²) < 4.78 is 0. The summed E-state index contributed by atoms with van der Waals surface area (Å²) in [5, 5.41) is 5.96. The molecular formula is C31H28N2O4. The predicted molar refractivity (Wildman–Crippen MR) is 143 cm³/mol. The zero-order valence-electron chi connectivity index (χ0n) is 20.9. The molecule has 186 valence electrons. The first-order valence-corrected chi connectivity index (χ1v) is 12.1. The Bertz CT molecular complexity index is 1410. The van der Waals surface area contributed by atoms with Crippen molar-refractivity contribution >= 4 is 23.1 Å². The molecule has 2 aliphatic rings. The number of Topliss-reactive ketones (excluding diaryl/α,β-unsaturated/α-hetero) is 2. The topological polar surface area (TPSA) is 92.3 Å². The van der Waals surface area contributed by atoms with Crippen molar-refractivity contribution in [3.8, 4) is 23.7 Å². The average Bonchev–Trinajstić information content (AvgIpc) is 2.92. The molecule has 2 N–H and O–H groups in total. The lowest BCUT2D eigenvalue weighted by molar-refractivity contribution is 0.0978. The molecule has 2 aromatic rings. The van der Waals surface area contributed by atoms with Crippen LogP contribution in [-0.4, -0.2) is 36.2 Å². The Morgan fingerprint density at radius 3 is 1.49 bits per heavy atom. The minimum Gasteiger partial charge on any atom is -0.381 e. The van der Waals surface area contributed by atoms with E-state index >= 15 is 0 Å². The molecule has 0 atom stereocenters. The Labute approximate surface area is 217 Å². The maximum absolute atomic E-state index is 12.2. The fourth-order valence-electron chi connectivity index (χ4n) is 3.75. The second-order valence-electron chi connectivity index (χ2n) is 8.08. The summed E-state index contributed by atoms with van der Waals surface area (Å²) in [5.41, 5.74) is 2.61. The van der Waals surface area contributed by atoms with Gasteiger partial charge in [-0.1, -0.05) is 55.5 Å². The van der Waals surface area contributed by atoms with E-state index in [1.807, 2.05) is 6.92 Å². The van der Waals surface area contributed by atoms with Gasteiger partial charge in [-0.05, 0) is 6.92 Å². The summed E-state index contributed by atoms with van der Waals surface area (Å²) in [6.45, 7) is 4.89. The van der Waals surface area contributed by atoms with Gasteiger partial charge in [0, 0.05) is 66.8 Å². The number of allylic oxidation sites excluding steroid dienone is 4. The number of carbonyl (C=O) groups excluding carboxylic acids is 4. The third-order valence-electron chi connectivity index (χ3n) is 5.52.